The third-order valence-electron chi connectivity index (χ3n) is 19.5. The monoisotopic (exact) mass is 2170 g/mol. The van der Waals surface area contributed by atoms with Gasteiger partial charge in [-0.05, 0) is 161 Å². The SMILES string of the molecule is CC(C)Cc1cc(-c2[c-]cc3oc4ncccc4c3c2)ncc1[Si](C)(C)C.CC(C)Cc1cc(-c2[c-]nc3oc4ccccc4c3c2)ncc1[Si](C)(C)C.Cc1ccc(-c2[c-]cccc2)nc1.Cc1ccc2c(n1)oc1c[c-]c(-c3ccc([Si](C)(C)C)cn3)cc12.[2H]C([2H])([2H])c1ccc(-c2[c-]cccc2)nc1.[2H]C([2H])([2H])c1ccc(-c2[c-]cccc2)nc1.[Ir].[Ir].[Ir]. The van der Waals surface area contributed by atoms with E-state index in [1.54, 1.807) is 42.6 Å². The predicted molar refractivity (Wildman–Crippen MR) is 491 cm³/mol. The van der Waals surface area contributed by atoms with Crippen molar-refractivity contribution in [1.29, 1.82) is 0 Å². The minimum atomic E-state index is -2.09. The standard InChI is InChI=1S/2C23H25N2OSi.C20H19N2OSi.3C12H10N.3Ir/c1-15(2)11-17-13-20(25-14-22(17)27(3,4)5)16-8-9-21-19(12-16)18-7-6-10-24-23(18)26-21;1-15(2)10-16-12-20(24-14-22(16)27(3,4)5)17-11-19-18-8-6-7-9-21(18)26-23(19)25-13-17;1-13-5-8-16-17-11-14(6-10-19(17)23-20(16)22-13)18-9-7-15(12-21-18)24(2,3)4;3*1-10-7-8-12(13-9-10)11-5-3-2-4-6-11;;;/h6-7,9-10,12-15H,11H2,1-5H3;6-9,11-12,14-15H,10H2,1-5H3;5,7-12H,1-4H3;3*2-5,7-9H,1H3;;;/q6*-1;;;/i;;;2*1D3;;;;. The Balaban J connectivity index is 0.000000160. The van der Waals surface area contributed by atoms with Gasteiger partial charge in [0.1, 0.15) is 11.3 Å². The van der Waals surface area contributed by atoms with Crippen LogP contribution in [0.2, 0.25) is 58.9 Å². The molecule has 0 aliphatic carbocycles. The minimum absolute atomic E-state index is 0. The fourth-order valence-corrected chi connectivity index (χ4v) is 17.7. The molecule has 0 amide bonds. The average molecular weight is 2170 g/mol. The predicted octanol–water partition coefficient (Wildman–Crippen LogP) is 24.4. The summed E-state index contributed by atoms with van der Waals surface area (Å²) in [6.07, 6.45) is 17.9. The summed E-state index contributed by atoms with van der Waals surface area (Å²) in [6, 6.07) is 84.3. The molecular formula is C102H99Ir3N9O3Si3-6. The molecule has 120 heavy (non-hydrogen) atoms. The number of nitrogens with zero attached hydrogens (tertiary/aromatic N) is 9. The first kappa shape index (κ1) is 83.3. The number of furan rings is 3. The Labute approximate surface area is 758 Å². The molecule has 0 fully saturated rings. The Morgan fingerprint density at radius 3 is 1.25 bits per heavy atom. The van der Waals surface area contributed by atoms with Gasteiger partial charge < -0.3 is 48.1 Å². The van der Waals surface area contributed by atoms with Crippen LogP contribution in [0.25, 0.3) is 134 Å². The number of hydrogen-bond acceptors (Lipinski definition) is 12. The van der Waals surface area contributed by atoms with E-state index in [2.05, 4.69) is 231 Å². The van der Waals surface area contributed by atoms with E-state index in [-0.39, 0.29) is 71.4 Å². The number of rotatable bonds is 13. The van der Waals surface area contributed by atoms with Gasteiger partial charge in [-0.3, -0.25) is 0 Å². The third kappa shape index (κ3) is 23.6. The molecule has 12 aromatic heterocycles. The summed E-state index contributed by atoms with van der Waals surface area (Å²) in [4.78, 5) is 40.0. The maximum atomic E-state index is 7.23. The van der Waals surface area contributed by atoms with E-state index in [4.69, 9.17) is 31.4 Å². The number of fused-ring (bicyclic) bond motifs is 9. The van der Waals surface area contributed by atoms with Crippen LogP contribution in [0, 0.1) is 75.9 Å². The smallest absolute Gasteiger partial charge is 0.216 e. The van der Waals surface area contributed by atoms with Gasteiger partial charge in [0.15, 0.2) is 0 Å². The van der Waals surface area contributed by atoms with Gasteiger partial charge in [0.2, 0.25) is 11.4 Å². The van der Waals surface area contributed by atoms with Crippen molar-refractivity contribution in [3.05, 3.63) is 326 Å². The van der Waals surface area contributed by atoms with Gasteiger partial charge in [-0.1, -0.05) is 187 Å². The number of benzene rings is 6. The zero-order valence-corrected chi connectivity index (χ0v) is 80.3. The Bertz CT molecular complexity index is 6350. The molecule has 6 aromatic carbocycles. The molecule has 0 saturated carbocycles. The molecule has 18 heteroatoms. The topological polar surface area (TPSA) is 155 Å². The van der Waals surface area contributed by atoms with E-state index >= 15 is 0 Å². The van der Waals surface area contributed by atoms with Crippen molar-refractivity contribution in [2.75, 3.05) is 0 Å². The molecule has 12 heterocycles. The molecule has 0 aliphatic heterocycles. The van der Waals surface area contributed by atoms with Crippen LogP contribution < -0.4 is 15.6 Å². The summed E-state index contributed by atoms with van der Waals surface area (Å²) < 4.78 is 60.9. The number of aromatic nitrogens is 9. The maximum absolute atomic E-state index is 7.23. The molecule has 0 spiro atoms. The normalized spacial score (nSPS) is 12.2. The summed E-state index contributed by atoms with van der Waals surface area (Å²) >= 11 is 0. The summed E-state index contributed by atoms with van der Waals surface area (Å²) in [5.74, 6) is 1.23. The number of hydrogen-bond donors (Lipinski definition) is 0. The Kier molecular flexibility index (Phi) is 28.7. The molecule has 0 unspecified atom stereocenters. The molecule has 18 aromatic rings. The van der Waals surface area contributed by atoms with E-state index in [1.165, 1.54) is 44.6 Å². The first-order valence-electron chi connectivity index (χ1n) is 42.4. The van der Waals surface area contributed by atoms with Crippen LogP contribution in [-0.2, 0) is 73.2 Å². The molecule has 0 aliphatic rings. The van der Waals surface area contributed by atoms with Crippen molar-refractivity contribution >= 4 is 106 Å². The Morgan fingerprint density at radius 2 is 0.783 bits per heavy atom. The average Bonchev–Trinajstić information content (AvgIpc) is 1.63. The molecule has 0 N–H and O–H groups in total. The van der Waals surface area contributed by atoms with Gasteiger partial charge in [0.25, 0.3) is 0 Å². The van der Waals surface area contributed by atoms with Crippen LogP contribution in [0.4, 0.5) is 0 Å². The fourth-order valence-electron chi connectivity index (χ4n) is 13.5. The first-order chi connectivity index (χ1) is 58.6. The van der Waals surface area contributed by atoms with Crippen LogP contribution in [-0.4, -0.2) is 69.1 Å². The van der Waals surface area contributed by atoms with Gasteiger partial charge in [-0.25, -0.2) is 9.97 Å². The van der Waals surface area contributed by atoms with Crippen LogP contribution in [0.5, 0.6) is 0 Å². The summed E-state index contributed by atoms with van der Waals surface area (Å²) in [5.41, 5.74) is 20.9. The number of pyridine rings is 9. The summed E-state index contributed by atoms with van der Waals surface area (Å²) in [5, 5.41) is 10.5. The number of aryl methyl sites for hydroxylation is 4. The van der Waals surface area contributed by atoms with E-state index in [9.17, 15) is 0 Å². The molecule has 18 rings (SSSR count). The van der Waals surface area contributed by atoms with E-state index in [1.807, 2.05) is 142 Å². The van der Waals surface area contributed by atoms with Gasteiger partial charge in [0, 0.05) is 134 Å². The quantitative estimate of drug-likeness (QED) is 0.0797. The molecule has 0 saturated heterocycles. The van der Waals surface area contributed by atoms with Crippen molar-refractivity contribution in [1.82, 2.24) is 44.9 Å². The van der Waals surface area contributed by atoms with E-state index in [0.717, 1.165) is 135 Å². The van der Waals surface area contributed by atoms with Crippen LogP contribution in [0.15, 0.2) is 269 Å². The van der Waals surface area contributed by atoms with Gasteiger partial charge in [-0.2, -0.15) is 0 Å². The molecule has 12 nitrogen and oxygen atoms in total. The molecule has 615 valence electrons. The molecule has 3 radical (unpaired) electrons. The largest absolute Gasteiger partial charge is 0.486 e. The summed E-state index contributed by atoms with van der Waals surface area (Å²) in [7, 11) is -4.20. The van der Waals surface area contributed by atoms with Gasteiger partial charge in [0.05, 0.1) is 35.4 Å². The van der Waals surface area contributed by atoms with Crippen LogP contribution in [0.3, 0.4) is 0 Å². The molecule has 0 atom stereocenters. The molecule has 0 bridgehead atoms. The van der Waals surface area contributed by atoms with Crippen molar-refractivity contribution in [3.8, 4) is 67.5 Å². The van der Waals surface area contributed by atoms with Crippen LogP contribution >= 0.6 is 0 Å². The molecular weight excluding hydrogens is 2060 g/mol. The van der Waals surface area contributed by atoms with Crippen molar-refractivity contribution in [3.63, 3.8) is 0 Å². The van der Waals surface area contributed by atoms with E-state index < -0.39 is 37.9 Å². The van der Waals surface area contributed by atoms with Gasteiger partial charge in [-0.15, -0.1) is 167 Å². The minimum Gasteiger partial charge on any atom is -0.486 e. The first-order valence-corrected chi connectivity index (χ1v) is 49.9. The fraction of sp³-hybridized carbons (Fsp3) is 0.206. The third-order valence-corrected chi connectivity index (χ3v) is 25.6. The second-order valence-electron chi connectivity index (χ2n) is 33.0. The van der Waals surface area contributed by atoms with Crippen molar-refractivity contribution < 1.29 is 81.8 Å². The van der Waals surface area contributed by atoms with E-state index in [0.29, 0.717) is 29.0 Å². The second-order valence-corrected chi connectivity index (χ2v) is 48.1. The van der Waals surface area contributed by atoms with Crippen molar-refractivity contribution in [2.24, 2.45) is 11.8 Å². The number of para-hydroxylation sites is 1. The van der Waals surface area contributed by atoms with Gasteiger partial charge >= 0.3 is 0 Å². The maximum Gasteiger partial charge on any atom is 0.216 e. The Morgan fingerprint density at radius 1 is 0.350 bits per heavy atom. The second kappa shape index (κ2) is 41.3. The zero-order valence-electron chi connectivity index (χ0n) is 76.1. The Hall–Kier alpha value is -10.3. The summed E-state index contributed by atoms with van der Waals surface area (Å²) in [6.45, 7) is 30.2. The van der Waals surface area contributed by atoms with Crippen LogP contribution in [0.1, 0.15) is 69.4 Å². The zero-order chi connectivity index (χ0) is 87.5. The van der Waals surface area contributed by atoms with Crippen molar-refractivity contribution in [2.45, 2.75) is 127 Å².